The number of carbonyl (C=O) groups is 1. The van der Waals surface area contributed by atoms with E-state index in [9.17, 15) is 22.8 Å². The molecule has 2 aromatic rings. The third kappa shape index (κ3) is 4.62. The first kappa shape index (κ1) is 22.9. The Morgan fingerprint density at radius 1 is 1.31 bits per heavy atom. The third-order valence-corrected chi connectivity index (χ3v) is 4.98. The smallest absolute Gasteiger partial charge is 0.334 e. The molecule has 0 radical (unpaired) electrons. The van der Waals surface area contributed by atoms with Crippen molar-refractivity contribution in [3.8, 4) is 5.69 Å². The van der Waals surface area contributed by atoms with Gasteiger partial charge in [0, 0.05) is 24.3 Å². The molecule has 2 heterocycles. The maximum atomic E-state index is 13.0. The third-order valence-electron chi connectivity index (χ3n) is 4.98. The number of likely N-dealkylation sites (tertiary alicyclic amines) is 1. The Bertz CT molecular complexity index is 961. The summed E-state index contributed by atoms with van der Waals surface area (Å²) in [6, 6.07) is 5.70. The molecule has 1 aromatic carbocycles. The Balaban J connectivity index is 0.00000300. The quantitative estimate of drug-likeness (QED) is 0.811. The van der Waals surface area contributed by atoms with Crippen LogP contribution in [-0.2, 0) is 6.18 Å². The van der Waals surface area contributed by atoms with Gasteiger partial charge in [0.2, 0.25) is 5.43 Å². The standard InChI is InChI=1S/C19H21F3N4O2.ClH/c1-11-6-13(9-23)10-25(11)18(28)17-16(27)7-12(2)26(24-17)15-5-3-4-14(8-15)19(20,21)22;/h3-5,7-8,11,13H,6,9-10,23H2,1-2H3;1H. The van der Waals surface area contributed by atoms with Crippen LogP contribution >= 0.6 is 12.4 Å². The van der Waals surface area contributed by atoms with Crippen molar-refractivity contribution in [1.82, 2.24) is 14.7 Å². The Labute approximate surface area is 171 Å². The fourth-order valence-corrected chi connectivity index (χ4v) is 3.50. The van der Waals surface area contributed by atoms with Crippen molar-refractivity contribution in [2.75, 3.05) is 13.1 Å². The van der Waals surface area contributed by atoms with Gasteiger partial charge in [-0.25, -0.2) is 4.68 Å². The van der Waals surface area contributed by atoms with E-state index in [0.717, 1.165) is 18.6 Å². The molecular formula is C19H22ClF3N4O2. The number of amides is 1. The van der Waals surface area contributed by atoms with Crippen LogP contribution in [0.4, 0.5) is 13.2 Å². The van der Waals surface area contributed by atoms with Gasteiger partial charge >= 0.3 is 6.18 Å². The van der Waals surface area contributed by atoms with E-state index in [1.54, 1.807) is 11.8 Å². The topological polar surface area (TPSA) is 81.2 Å². The lowest BCUT2D eigenvalue weighted by Gasteiger charge is -2.21. The van der Waals surface area contributed by atoms with Crippen LogP contribution in [0, 0.1) is 12.8 Å². The second kappa shape index (κ2) is 8.54. The van der Waals surface area contributed by atoms with Gasteiger partial charge < -0.3 is 10.6 Å². The van der Waals surface area contributed by atoms with Crippen LogP contribution in [0.3, 0.4) is 0 Å². The van der Waals surface area contributed by atoms with Crippen molar-refractivity contribution in [3.63, 3.8) is 0 Å². The summed E-state index contributed by atoms with van der Waals surface area (Å²) < 4.78 is 40.3. The zero-order valence-electron chi connectivity index (χ0n) is 15.9. The summed E-state index contributed by atoms with van der Waals surface area (Å²) in [6.07, 6.45) is -3.78. The van der Waals surface area contributed by atoms with Crippen molar-refractivity contribution >= 4 is 18.3 Å². The molecule has 3 rings (SSSR count). The predicted molar refractivity (Wildman–Crippen MR) is 104 cm³/mol. The zero-order chi connectivity index (χ0) is 20.6. The second-order valence-corrected chi connectivity index (χ2v) is 7.10. The molecule has 6 nitrogen and oxygen atoms in total. The summed E-state index contributed by atoms with van der Waals surface area (Å²) in [6.45, 7) is 4.28. The highest BCUT2D eigenvalue weighted by molar-refractivity contribution is 5.92. The molecule has 2 atom stereocenters. The first-order valence-corrected chi connectivity index (χ1v) is 8.91. The fourth-order valence-electron chi connectivity index (χ4n) is 3.50. The van der Waals surface area contributed by atoms with Crippen molar-refractivity contribution < 1.29 is 18.0 Å². The van der Waals surface area contributed by atoms with Gasteiger partial charge in [-0.2, -0.15) is 18.3 Å². The van der Waals surface area contributed by atoms with E-state index in [-0.39, 0.29) is 35.7 Å². The van der Waals surface area contributed by atoms with Gasteiger partial charge in [0.15, 0.2) is 5.69 Å². The van der Waals surface area contributed by atoms with E-state index in [4.69, 9.17) is 5.73 Å². The van der Waals surface area contributed by atoms with Crippen LogP contribution in [0.15, 0.2) is 35.1 Å². The average molecular weight is 431 g/mol. The van der Waals surface area contributed by atoms with Gasteiger partial charge in [-0.3, -0.25) is 9.59 Å². The van der Waals surface area contributed by atoms with E-state index >= 15 is 0 Å². The van der Waals surface area contributed by atoms with Gasteiger partial charge in [-0.1, -0.05) is 6.07 Å². The molecule has 1 fully saturated rings. The minimum atomic E-state index is -4.51. The number of hydrogen-bond donors (Lipinski definition) is 1. The number of aromatic nitrogens is 2. The monoisotopic (exact) mass is 430 g/mol. The predicted octanol–water partition coefficient (Wildman–Crippen LogP) is 2.79. The van der Waals surface area contributed by atoms with Gasteiger partial charge in [0.05, 0.1) is 11.3 Å². The lowest BCUT2D eigenvalue weighted by atomic mass is 10.1. The van der Waals surface area contributed by atoms with E-state index < -0.39 is 23.1 Å². The van der Waals surface area contributed by atoms with E-state index in [0.29, 0.717) is 18.8 Å². The average Bonchev–Trinajstić information content (AvgIpc) is 3.01. The highest BCUT2D eigenvalue weighted by atomic mass is 35.5. The number of halogens is 4. The van der Waals surface area contributed by atoms with Gasteiger partial charge in [0.25, 0.3) is 5.91 Å². The lowest BCUT2D eigenvalue weighted by Crippen LogP contribution is -2.38. The highest BCUT2D eigenvalue weighted by Crippen LogP contribution is 2.30. The van der Waals surface area contributed by atoms with E-state index in [2.05, 4.69) is 5.10 Å². The van der Waals surface area contributed by atoms with Gasteiger partial charge in [-0.15, -0.1) is 12.4 Å². The molecule has 0 saturated carbocycles. The highest BCUT2D eigenvalue weighted by Gasteiger charge is 2.34. The van der Waals surface area contributed by atoms with Crippen molar-refractivity contribution in [3.05, 3.63) is 57.5 Å². The summed E-state index contributed by atoms with van der Waals surface area (Å²) in [4.78, 5) is 26.8. The molecule has 158 valence electrons. The van der Waals surface area contributed by atoms with Gasteiger partial charge in [-0.05, 0) is 50.9 Å². The second-order valence-electron chi connectivity index (χ2n) is 7.10. The Kier molecular flexibility index (Phi) is 6.74. The SMILES string of the molecule is Cc1cc(=O)c(C(=O)N2CC(CN)CC2C)nn1-c1cccc(C(F)(F)F)c1.Cl. The summed E-state index contributed by atoms with van der Waals surface area (Å²) in [5.41, 5.74) is 4.42. The van der Waals surface area contributed by atoms with Crippen LogP contribution in [0.5, 0.6) is 0 Å². The first-order valence-electron chi connectivity index (χ1n) is 8.91. The summed E-state index contributed by atoms with van der Waals surface area (Å²) in [7, 11) is 0. The number of hydrogen-bond acceptors (Lipinski definition) is 4. The van der Waals surface area contributed by atoms with Crippen molar-refractivity contribution in [1.29, 1.82) is 0 Å². The molecular weight excluding hydrogens is 409 g/mol. The lowest BCUT2D eigenvalue weighted by molar-refractivity contribution is -0.137. The molecule has 1 aromatic heterocycles. The number of aryl methyl sites for hydroxylation is 1. The molecule has 1 aliphatic rings. The zero-order valence-corrected chi connectivity index (χ0v) is 16.8. The number of nitrogens with zero attached hydrogens (tertiary/aromatic N) is 3. The molecule has 0 spiro atoms. The fraction of sp³-hybridized carbons (Fsp3) is 0.421. The molecule has 1 amide bonds. The number of nitrogens with two attached hydrogens (primary N) is 1. The van der Waals surface area contributed by atoms with Crippen LogP contribution in [-0.4, -0.2) is 39.7 Å². The molecule has 29 heavy (non-hydrogen) atoms. The number of carbonyl (C=O) groups excluding carboxylic acids is 1. The maximum absolute atomic E-state index is 13.0. The molecule has 10 heteroatoms. The summed E-state index contributed by atoms with van der Waals surface area (Å²) in [5.74, 6) is -0.385. The number of alkyl halides is 3. The van der Waals surface area contributed by atoms with Gasteiger partial charge in [0.1, 0.15) is 0 Å². The van der Waals surface area contributed by atoms with Crippen molar-refractivity contribution in [2.24, 2.45) is 11.7 Å². The maximum Gasteiger partial charge on any atom is 0.416 e. The Hall–Kier alpha value is -2.39. The molecule has 0 bridgehead atoms. The molecule has 1 aliphatic heterocycles. The van der Waals surface area contributed by atoms with Crippen LogP contribution in [0.1, 0.15) is 35.1 Å². The molecule has 2 unspecified atom stereocenters. The van der Waals surface area contributed by atoms with Crippen LogP contribution < -0.4 is 11.2 Å². The van der Waals surface area contributed by atoms with Crippen molar-refractivity contribution in [2.45, 2.75) is 32.5 Å². The first-order chi connectivity index (χ1) is 13.1. The minimum Gasteiger partial charge on any atom is -0.334 e. The van der Waals surface area contributed by atoms with E-state index in [1.165, 1.54) is 22.9 Å². The normalized spacial score (nSPS) is 19.2. The molecule has 1 saturated heterocycles. The summed E-state index contributed by atoms with van der Waals surface area (Å²) >= 11 is 0. The number of benzene rings is 1. The number of rotatable bonds is 3. The Morgan fingerprint density at radius 3 is 2.59 bits per heavy atom. The largest absolute Gasteiger partial charge is 0.416 e. The Morgan fingerprint density at radius 2 is 2.00 bits per heavy atom. The van der Waals surface area contributed by atoms with Crippen LogP contribution in [0.25, 0.3) is 5.69 Å². The molecule has 2 N–H and O–H groups in total. The molecule has 0 aliphatic carbocycles. The van der Waals surface area contributed by atoms with E-state index in [1.807, 2.05) is 6.92 Å². The van der Waals surface area contributed by atoms with Crippen LogP contribution in [0.2, 0.25) is 0 Å². The minimum absolute atomic E-state index is 0. The summed E-state index contributed by atoms with van der Waals surface area (Å²) in [5, 5.41) is 4.11.